The molecule has 0 bridgehead atoms. The monoisotopic (exact) mass is 300 g/mol. The average molecular weight is 300 g/mol. The van der Waals surface area contributed by atoms with Crippen molar-refractivity contribution in [1.82, 2.24) is 4.98 Å². The van der Waals surface area contributed by atoms with E-state index in [0.29, 0.717) is 5.69 Å². The highest BCUT2D eigenvalue weighted by molar-refractivity contribution is 7.09. The highest BCUT2D eigenvalue weighted by Crippen LogP contribution is 2.30. The van der Waals surface area contributed by atoms with Crippen LogP contribution < -0.4 is 5.32 Å². The third-order valence-corrected chi connectivity index (χ3v) is 3.30. The molecule has 0 fully saturated rings. The molecule has 0 spiro atoms. The lowest BCUT2D eigenvalue weighted by Gasteiger charge is -2.09. The SMILES string of the molecule is Cc1nc(CC(=O)Nc2cccc(C(F)(F)F)c2)cs1. The number of hydrogen-bond donors (Lipinski definition) is 1. The van der Waals surface area contributed by atoms with E-state index in [1.807, 2.05) is 6.92 Å². The van der Waals surface area contributed by atoms with Crippen LogP contribution in [0.15, 0.2) is 29.6 Å². The molecule has 0 unspecified atom stereocenters. The van der Waals surface area contributed by atoms with Crippen LogP contribution in [0.2, 0.25) is 0 Å². The number of aromatic nitrogens is 1. The number of nitrogens with zero attached hydrogens (tertiary/aromatic N) is 1. The highest BCUT2D eigenvalue weighted by Gasteiger charge is 2.30. The number of alkyl halides is 3. The minimum absolute atomic E-state index is 0.0422. The summed E-state index contributed by atoms with van der Waals surface area (Å²) in [6.07, 6.45) is -4.38. The molecule has 2 rings (SSSR count). The minimum Gasteiger partial charge on any atom is -0.326 e. The van der Waals surface area contributed by atoms with Gasteiger partial charge in [-0.25, -0.2) is 4.98 Å². The lowest BCUT2D eigenvalue weighted by atomic mass is 10.2. The molecule has 2 aromatic rings. The van der Waals surface area contributed by atoms with Crippen LogP contribution in [0.3, 0.4) is 0 Å². The standard InChI is InChI=1S/C13H11F3N2OS/c1-8-17-11(7-20-8)6-12(19)18-10-4-2-3-9(5-10)13(14,15)16/h2-5,7H,6H2,1H3,(H,18,19). The predicted molar refractivity (Wildman–Crippen MR) is 70.6 cm³/mol. The molecule has 7 heteroatoms. The van der Waals surface area contributed by atoms with E-state index in [9.17, 15) is 18.0 Å². The maximum absolute atomic E-state index is 12.5. The second-order valence-corrected chi connectivity index (χ2v) is 5.22. The summed E-state index contributed by atoms with van der Waals surface area (Å²) in [5.74, 6) is -0.394. The van der Waals surface area contributed by atoms with Crippen molar-refractivity contribution in [2.24, 2.45) is 0 Å². The average Bonchev–Trinajstić information content (AvgIpc) is 2.73. The topological polar surface area (TPSA) is 42.0 Å². The van der Waals surface area contributed by atoms with Crippen LogP contribution >= 0.6 is 11.3 Å². The van der Waals surface area contributed by atoms with Crippen LogP contribution in [0.4, 0.5) is 18.9 Å². The fourth-order valence-electron chi connectivity index (χ4n) is 1.63. The van der Waals surface area contributed by atoms with Gasteiger partial charge in [-0.2, -0.15) is 13.2 Å². The van der Waals surface area contributed by atoms with E-state index in [0.717, 1.165) is 17.1 Å². The summed E-state index contributed by atoms with van der Waals surface area (Å²) in [6.45, 7) is 1.82. The first-order valence-corrected chi connectivity index (χ1v) is 6.60. The van der Waals surface area contributed by atoms with Gasteiger partial charge in [-0.3, -0.25) is 4.79 Å². The van der Waals surface area contributed by atoms with Gasteiger partial charge in [0.15, 0.2) is 0 Å². The summed E-state index contributed by atoms with van der Waals surface area (Å²) in [4.78, 5) is 15.9. The summed E-state index contributed by atoms with van der Waals surface area (Å²) < 4.78 is 37.6. The van der Waals surface area contributed by atoms with Crippen LogP contribution in [0.1, 0.15) is 16.3 Å². The smallest absolute Gasteiger partial charge is 0.326 e. The molecule has 1 aromatic heterocycles. The van der Waals surface area contributed by atoms with Gasteiger partial charge in [0.25, 0.3) is 0 Å². The number of amides is 1. The number of anilines is 1. The van der Waals surface area contributed by atoms with Gasteiger partial charge in [0, 0.05) is 11.1 Å². The normalized spacial score (nSPS) is 11.4. The Balaban J connectivity index is 2.04. The zero-order valence-corrected chi connectivity index (χ0v) is 11.3. The predicted octanol–water partition coefficient (Wildman–Crippen LogP) is 3.65. The zero-order chi connectivity index (χ0) is 14.8. The first kappa shape index (κ1) is 14.5. The van der Waals surface area contributed by atoms with Gasteiger partial charge in [0.1, 0.15) is 0 Å². The Bertz CT molecular complexity index is 622. The summed E-state index contributed by atoms with van der Waals surface area (Å²) in [5.41, 5.74) is -0.0615. The molecule has 0 radical (unpaired) electrons. The maximum atomic E-state index is 12.5. The highest BCUT2D eigenvalue weighted by atomic mass is 32.1. The molecule has 1 heterocycles. The summed E-state index contributed by atoms with van der Waals surface area (Å²) >= 11 is 1.42. The molecule has 0 aliphatic heterocycles. The van der Waals surface area contributed by atoms with Gasteiger partial charge in [-0.05, 0) is 25.1 Å². The second-order valence-electron chi connectivity index (χ2n) is 4.16. The number of aryl methyl sites for hydroxylation is 1. The summed E-state index contributed by atoms with van der Waals surface area (Å²) in [7, 11) is 0. The Morgan fingerprint density at radius 2 is 2.15 bits per heavy atom. The first-order valence-electron chi connectivity index (χ1n) is 5.73. The molecular formula is C13H11F3N2OS. The van der Waals surface area contributed by atoms with E-state index in [1.54, 1.807) is 5.38 Å². The molecule has 0 saturated heterocycles. The lowest BCUT2D eigenvalue weighted by Crippen LogP contribution is -2.15. The van der Waals surface area contributed by atoms with Crippen LogP contribution in [-0.4, -0.2) is 10.9 Å². The molecule has 0 saturated carbocycles. The number of carbonyl (C=O) groups excluding carboxylic acids is 1. The molecule has 1 aromatic carbocycles. The van der Waals surface area contributed by atoms with E-state index in [4.69, 9.17) is 0 Å². The van der Waals surface area contributed by atoms with Crippen molar-refractivity contribution in [3.63, 3.8) is 0 Å². The quantitative estimate of drug-likeness (QED) is 0.940. The second kappa shape index (κ2) is 5.62. The number of halogens is 3. The first-order chi connectivity index (χ1) is 9.34. The van der Waals surface area contributed by atoms with Gasteiger partial charge < -0.3 is 5.32 Å². The van der Waals surface area contributed by atoms with Gasteiger partial charge in [0.05, 0.1) is 22.7 Å². The Morgan fingerprint density at radius 3 is 2.75 bits per heavy atom. The van der Waals surface area contributed by atoms with Crippen LogP contribution in [0.25, 0.3) is 0 Å². The molecule has 20 heavy (non-hydrogen) atoms. The van der Waals surface area contributed by atoms with E-state index >= 15 is 0 Å². The van der Waals surface area contributed by atoms with Gasteiger partial charge in [-0.15, -0.1) is 11.3 Å². The Morgan fingerprint density at radius 1 is 1.40 bits per heavy atom. The number of nitrogens with one attached hydrogen (secondary N) is 1. The van der Waals surface area contributed by atoms with Crippen LogP contribution in [-0.2, 0) is 17.4 Å². The molecule has 0 aliphatic rings. The van der Waals surface area contributed by atoms with E-state index in [-0.39, 0.29) is 12.1 Å². The fraction of sp³-hybridized carbons (Fsp3) is 0.231. The molecule has 106 valence electrons. The van der Waals surface area contributed by atoms with Crippen molar-refractivity contribution < 1.29 is 18.0 Å². The maximum Gasteiger partial charge on any atom is 0.416 e. The molecule has 3 nitrogen and oxygen atoms in total. The van der Waals surface area contributed by atoms with Crippen molar-refractivity contribution >= 4 is 22.9 Å². The Labute approximate surface area is 117 Å². The number of carbonyl (C=O) groups is 1. The summed E-state index contributed by atoms with van der Waals surface area (Å²) in [5, 5.41) is 5.03. The minimum atomic E-state index is -4.42. The third-order valence-electron chi connectivity index (χ3n) is 2.48. The van der Waals surface area contributed by atoms with Crippen molar-refractivity contribution in [3.05, 3.63) is 45.9 Å². The van der Waals surface area contributed by atoms with Crippen molar-refractivity contribution in [2.45, 2.75) is 19.5 Å². The van der Waals surface area contributed by atoms with Crippen LogP contribution in [0.5, 0.6) is 0 Å². The van der Waals surface area contributed by atoms with E-state index in [2.05, 4.69) is 10.3 Å². The van der Waals surface area contributed by atoms with Gasteiger partial charge in [0.2, 0.25) is 5.91 Å². The summed E-state index contributed by atoms with van der Waals surface area (Å²) in [6, 6.07) is 4.54. The number of hydrogen-bond acceptors (Lipinski definition) is 3. The fourth-order valence-corrected chi connectivity index (χ4v) is 2.24. The van der Waals surface area contributed by atoms with Crippen molar-refractivity contribution in [1.29, 1.82) is 0 Å². The zero-order valence-electron chi connectivity index (χ0n) is 10.5. The van der Waals surface area contributed by atoms with E-state index in [1.165, 1.54) is 23.5 Å². The Kier molecular flexibility index (Phi) is 4.08. The largest absolute Gasteiger partial charge is 0.416 e. The number of benzene rings is 1. The third kappa shape index (κ3) is 3.80. The Hall–Kier alpha value is -1.89. The number of rotatable bonds is 3. The molecule has 0 atom stereocenters. The van der Waals surface area contributed by atoms with Crippen LogP contribution in [0, 0.1) is 6.92 Å². The van der Waals surface area contributed by atoms with E-state index < -0.39 is 17.6 Å². The molecule has 1 N–H and O–H groups in total. The molecule has 1 amide bonds. The van der Waals surface area contributed by atoms with Crippen molar-refractivity contribution in [2.75, 3.05) is 5.32 Å². The van der Waals surface area contributed by atoms with Gasteiger partial charge >= 0.3 is 6.18 Å². The molecular weight excluding hydrogens is 289 g/mol. The van der Waals surface area contributed by atoms with Crippen molar-refractivity contribution in [3.8, 4) is 0 Å². The van der Waals surface area contributed by atoms with Gasteiger partial charge in [-0.1, -0.05) is 6.07 Å². The number of thiazole rings is 1. The lowest BCUT2D eigenvalue weighted by molar-refractivity contribution is -0.137. The molecule has 0 aliphatic carbocycles.